The lowest BCUT2D eigenvalue weighted by Crippen LogP contribution is -2.30. The molecule has 7 heteroatoms. The van der Waals surface area contributed by atoms with Crippen LogP contribution in [0.3, 0.4) is 0 Å². The van der Waals surface area contributed by atoms with E-state index in [1.807, 2.05) is 169 Å². The first kappa shape index (κ1) is 157. The van der Waals surface area contributed by atoms with Crippen LogP contribution in [-0.2, 0) is 15.9 Å². The van der Waals surface area contributed by atoms with Crippen LogP contribution >= 0.6 is 11.3 Å². The third-order valence-electron chi connectivity index (χ3n) is 12.8. The fourth-order valence-corrected chi connectivity index (χ4v) is 9.14. The first-order chi connectivity index (χ1) is 58.8. The van der Waals surface area contributed by atoms with Gasteiger partial charge in [-0.15, -0.1) is 11.3 Å². The fourth-order valence-electron chi connectivity index (χ4n) is 8.34. The molecule has 0 unspecified atom stereocenters. The van der Waals surface area contributed by atoms with Gasteiger partial charge < -0.3 is 29.8 Å². The summed E-state index contributed by atoms with van der Waals surface area (Å²) >= 11 is 1.79. The van der Waals surface area contributed by atoms with E-state index in [1.54, 1.807) is 17.6 Å². The standard InChI is InChI=1S/C9H8.C8H6O.C8H6S.C6H12.2C5H11N.C5H10O.2C5H10.C4H9NO.9C4H10.10C2H6/c1-2-5-9-7-3-6-8(9)4-1;2*1-2-4-8-7(3-1)5-6-9-8;1-5(2)6-3-4-6;3*1-2-4-6-5-3-1;2*1-2-4-5-3-1;1-3-6-4-2-5-1;9*1-4(2)3;10*1-2/h1-6H,7H2;2*1-6H;5-6H,3-4H2,1-2H3;2*6H,1-5H2;1-5H2;2*1-5H2;5H,1-4H2;9*4H,1-3H3;10*1-2H3. The monoisotopic (exact) mass is 1760 g/mol. The van der Waals surface area contributed by atoms with Gasteiger partial charge in [0.25, 0.3) is 0 Å². The maximum atomic E-state index is 5.12. The quantitative estimate of drug-likeness (QED) is 0.155. The molecule has 0 radical (unpaired) electrons. The summed E-state index contributed by atoms with van der Waals surface area (Å²) in [6.07, 6.45) is 37.6. The Morgan fingerprint density at radius 3 is 0.764 bits per heavy atom. The zero-order chi connectivity index (χ0) is 99.1. The molecule has 6 nitrogen and oxygen atoms in total. The van der Waals surface area contributed by atoms with Crippen molar-refractivity contribution in [2.45, 2.75) is 481 Å². The van der Waals surface area contributed by atoms with Gasteiger partial charge >= 0.3 is 0 Å². The Labute approximate surface area is 788 Å². The molecule has 4 saturated heterocycles. The van der Waals surface area contributed by atoms with Gasteiger partial charge in [0.15, 0.2) is 0 Å². The molecule has 6 heterocycles. The zero-order valence-electron chi connectivity index (χ0n) is 94.5. The topological polar surface area (TPSA) is 67.7 Å². The number of morpholine rings is 1. The van der Waals surface area contributed by atoms with Crippen LogP contribution in [0.2, 0.25) is 0 Å². The van der Waals surface area contributed by atoms with Crippen molar-refractivity contribution in [2.75, 3.05) is 65.7 Å². The summed E-state index contributed by atoms with van der Waals surface area (Å²) in [6.45, 7) is 114. The number of allylic oxidation sites excluding steroid dienone is 1. The highest BCUT2D eigenvalue weighted by molar-refractivity contribution is 7.17. The second-order valence-corrected chi connectivity index (χ2v) is 35.5. The molecule has 5 aromatic rings. The Morgan fingerprint density at radius 2 is 0.545 bits per heavy atom. The van der Waals surface area contributed by atoms with Crippen LogP contribution < -0.4 is 16.0 Å². The number of hydrogen-bond donors (Lipinski definition) is 3. The Morgan fingerprint density at radius 1 is 0.276 bits per heavy atom. The normalized spacial score (nSPS) is 13.4. The summed E-state index contributed by atoms with van der Waals surface area (Å²) in [5.41, 5.74) is 3.80. The molecule has 0 bridgehead atoms. The molecular weight excluding hydrogens is 1520 g/mol. The Hall–Kier alpha value is -3.30. The molecule has 123 heavy (non-hydrogen) atoms. The van der Waals surface area contributed by atoms with E-state index < -0.39 is 0 Å². The lowest BCUT2D eigenvalue weighted by molar-refractivity contribution is 0.0968. The SMILES string of the molecule is C1=Cc2ccccc2C1.C1CCCC1.C1CCCC1.C1CCNCC1.C1CCNCC1.C1CCOCC1.C1COCCN1.CC.CC.CC.CC.CC.CC.CC.CC.CC.CC.CC(C)C.CC(C)C.CC(C)C.CC(C)C.CC(C)C.CC(C)C.CC(C)C.CC(C)C.CC(C)C.CC(C)C1CC1.c1ccc2occc2c1.c1ccc2sccc2c1. The van der Waals surface area contributed by atoms with E-state index in [0.717, 1.165) is 122 Å². The van der Waals surface area contributed by atoms with Crippen LogP contribution in [0.1, 0.15) is 485 Å². The smallest absolute Gasteiger partial charge is 0.133 e. The fraction of sp³-hybridized carbons (Fsp3) is 0.793. The number of ether oxygens (including phenoxy) is 2. The first-order valence-corrected chi connectivity index (χ1v) is 53.5. The number of rotatable bonds is 1. The first-order valence-electron chi connectivity index (χ1n) is 52.7. The minimum absolute atomic E-state index is 0.833. The third-order valence-corrected chi connectivity index (χ3v) is 13.7. The molecular formula is C116H243N3O3S. The summed E-state index contributed by atoms with van der Waals surface area (Å²) in [5, 5.41) is 14.4. The lowest BCUT2D eigenvalue weighted by atomic mass is 10.1. The summed E-state index contributed by atoms with van der Waals surface area (Å²) in [6, 6.07) is 28.9. The summed E-state index contributed by atoms with van der Waals surface area (Å²) in [4.78, 5) is 0. The van der Waals surface area contributed by atoms with Crippen molar-refractivity contribution < 1.29 is 13.9 Å². The van der Waals surface area contributed by atoms with Crippen molar-refractivity contribution >= 4 is 38.5 Å². The van der Waals surface area contributed by atoms with Crippen LogP contribution in [0.25, 0.3) is 27.1 Å². The predicted molar refractivity (Wildman–Crippen MR) is 591 cm³/mol. The van der Waals surface area contributed by atoms with Crippen molar-refractivity contribution in [1.29, 1.82) is 0 Å². The van der Waals surface area contributed by atoms with E-state index >= 15 is 0 Å². The number of nitrogens with one attached hydrogen (secondary N) is 3. The number of piperidine rings is 2. The molecule has 3 saturated carbocycles. The van der Waals surface area contributed by atoms with E-state index in [0.29, 0.717) is 0 Å². The largest absolute Gasteiger partial charge is 0.464 e. The van der Waals surface area contributed by atoms with E-state index in [2.05, 4.69) is 289 Å². The van der Waals surface area contributed by atoms with Crippen molar-refractivity contribution in [2.24, 2.45) is 65.1 Å². The predicted octanol–water partition coefficient (Wildman–Crippen LogP) is 41.1. The van der Waals surface area contributed by atoms with Crippen molar-refractivity contribution in [1.82, 2.24) is 16.0 Å². The van der Waals surface area contributed by atoms with E-state index in [9.17, 15) is 0 Å². The molecule has 3 aromatic carbocycles. The van der Waals surface area contributed by atoms with Gasteiger partial charge in [0.05, 0.1) is 19.5 Å². The van der Waals surface area contributed by atoms with Crippen LogP contribution in [0.5, 0.6) is 0 Å². The van der Waals surface area contributed by atoms with Gasteiger partial charge in [-0.3, -0.25) is 0 Å². The maximum Gasteiger partial charge on any atom is 0.133 e. The van der Waals surface area contributed by atoms with Gasteiger partial charge in [-0.2, -0.15) is 0 Å². The second-order valence-electron chi connectivity index (χ2n) is 34.6. The van der Waals surface area contributed by atoms with Crippen molar-refractivity contribution in [3.8, 4) is 0 Å². The molecule has 0 spiro atoms. The van der Waals surface area contributed by atoms with Crippen molar-refractivity contribution in [3.63, 3.8) is 0 Å². The van der Waals surface area contributed by atoms with Gasteiger partial charge in [-0.05, 0) is 202 Å². The van der Waals surface area contributed by atoms with E-state index in [-0.39, 0.29) is 0 Å². The summed E-state index contributed by atoms with van der Waals surface area (Å²) in [7, 11) is 0. The summed E-state index contributed by atoms with van der Waals surface area (Å²) < 4.78 is 16.6. The molecule has 7 fully saturated rings. The number of para-hydroxylation sites is 1. The van der Waals surface area contributed by atoms with Gasteiger partial charge in [-0.25, -0.2) is 0 Å². The van der Waals surface area contributed by atoms with Gasteiger partial charge in [0, 0.05) is 36.4 Å². The number of thiophene rings is 1. The van der Waals surface area contributed by atoms with Crippen LogP contribution in [0.4, 0.5) is 0 Å². The number of benzene rings is 3. The lowest BCUT2D eigenvalue weighted by Gasteiger charge is -2.10. The van der Waals surface area contributed by atoms with Gasteiger partial charge in [0.1, 0.15) is 5.58 Å². The molecule has 4 aliphatic carbocycles. The molecule has 0 amide bonds. The molecule has 3 N–H and O–H groups in total. The molecule has 0 atom stereocenters. The Balaban J connectivity index is -0.0000000698. The Kier molecular flexibility index (Phi) is 191. The van der Waals surface area contributed by atoms with Crippen LogP contribution in [0.15, 0.2) is 107 Å². The highest BCUT2D eigenvalue weighted by Crippen LogP contribution is 2.35. The zero-order valence-corrected chi connectivity index (χ0v) is 95.3. The highest BCUT2D eigenvalue weighted by atomic mass is 32.1. The van der Waals surface area contributed by atoms with Crippen molar-refractivity contribution in [3.05, 3.63) is 114 Å². The molecule has 2 aromatic heterocycles. The average Bonchev–Trinajstić information content (AvgIpc) is 1.76. The average molecular weight is 1760 g/mol. The second kappa shape index (κ2) is 150. The van der Waals surface area contributed by atoms with Crippen LogP contribution in [-0.4, -0.2) is 65.7 Å². The van der Waals surface area contributed by atoms with Gasteiger partial charge in [0.2, 0.25) is 0 Å². The minimum atomic E-state index is 0.833. The van der Waals surface area contributed by atoms with E-state index in [4.69, 9.17) is 13.9 Å². The number of fused-ring (bicyclic) bond motifs is 3. The number of furan rings is 1. The third kappa shape index (κ3) is 205. The van der Waals surface area contributed by atoms with E-state index in [1.165, 1.54) is 182 Å². The minimum Gasteiger partial charge on any atom is -0.464 e. The molecule has 8 aliphatic rings. The highest BCUT2D eigenvalue weighted by Gasteiger charge is 2.24. The molecule has 13 rings (SSSR count). The molecule has 4 aliphatic heterocycles. The number of hydrogen-bond acceptors (Lipinski definition) is 7. The van der Waals surface area contributed by atoms with Gasteiger partial charge in [-0.1, -0.05) is 489 Å². The summed E-state index contributed by atoms with van der Waals surface area (Å²) in [5.74, 6) is 9.56. The Bertz CT molecular complexity index is 1960. The maximum absolute atomic E-state index is 5.12. The van der Waals surface area contributed by atoms with Crippen LogP contribution in [0, 0.1) is 65.1 Å². The molecule has 746 valence electrons.